The first-order valence-electron chi connectivity index (χ1n) is 6.69. The number of rotatable bonds is 3. The molecule has 0 aliphatic carbocycles. The van der Waals surface area contributed by atoms with Gasteiger partial charge in [-0.05, 0) is 38.3 Å². The Morgan fingerprint density at radius 2 is 1.58 bits per heavy atom. The average Bonchev–Trinajstić information content (AvgIpc) is 2.27. The predicted molar refractivity (Wildman–Crippen MR) is 82.1 cm³/mol. The van der Waals surface area contributed by atoms with Crippen molar-refractivity contribution in [2.24, 2.45) is 10.8 Å². The summed E-state index contributed by atoms with van der Waals surface area (Å²) < 4.78 is 0. The van der Waals surface area contributed by atoms with Crippen molar-refractivity contribution >= 4 is 11.6 Å². The van der Waals surface area contributed by atoms with Crippen LogP contribution in [-0.4, -0.2) is 5.91 Å². The van der Waals surface area contributed by atoms with E-state index in [1.54, 1.807) is 0 Å². The number of hydrogen-bond donors (Lipinski definition) is 1. The molecule has 0 radical (unpaired) electrons. The summed E-state index contributed by atoms with van der Waals surface area (Å²) in [6.07, 6.45) is 2.06. The molecule has 0 aromatic heterocycles. The first-order chi connectivity index (χ1) is 8.67. The summed E-state index contributed by atoms with van der Waals surface area (Å²) >= 11 is 0. The van der Waals surface area contributed by atoms with Crippen LogP contribution in [0.2, 0.25) is 0 Å². The Labute approximate surface area is 116 Å². The van der Waals surface area contributed by atoms with Crippen LogP contribution in [0.3, 0.4) is 0 Å². The van der Waals surface area contributed by atoms with E-state index in [2.05, 4.69) is 32.2 Å². The normalized spacial score (nSPS) is 14.4. The Morgan fingerprint density at radius 3 is 2.00 bits per heavy atom. The number of carbonyl (C=O) groups excluding carboxylic acids is 1. The number of benzene rings is 1. The van der Waals surface area contributed by atoms with Gasteiger partial charge in [-0.2, -0.15) is 0 Å². The van der Waals surface area contributed by atoms with Gasteiger partial charge >= 0.3 is 0 Å². The molecule has 0 saturated carbocycles. The van der Waals surface area contributed by atoms with Crippen LogP contribution in [0, 0.1) is 10.8 Å². The SMILES string of the molecule is CC(C)=CC(C)(C(=O)Nc1ccccc1)C(C)(C)C. The van der Waals surface area contributed by atoms with Gasteiger partial charge in [-0.3, -0.25) is 4.79 Å². The van der Waals surface area contributed by atoms with Crippen LogP contribution in [0.5, 0.6) is 0 Å². The summed E-state index contributed by atoms with van der Waals surface area (Å²) in [5.74, 6) is 0.0346. The molecule has 104 valence electrons. The number of amides is 1. The molecule has 1 N–H and O–H groups in total. The maximum atomic E-state index is 12.7. The van der Waals surface area contributed by atoms with Crippen molar-refractivity contribution in [3.8, 4) is 0 Å². The van der Waals surface area contributed by atoms with E-state index in [4.69, 9.17) is 0 Å². The Bertz CT molecular complexity index is 464. The third-order valence-electron chi connectivity index (χ3n) is 3.64. The second kappa shape index (κ2) is 5.60. The van der Waals surface area contributed by atoms with Crippen molar-refractivity contribution in [3.63, 3.8) is 0 Å². The lowest BCUT2D eigenvalue weighted by Gasteiger charge is -2.38. The van der Waals surface area contributed by atoms with Crippen molar-refractivity contribution in [3.05, 3.63) is 42.0 Å². The van der Waals surface area contributed by atoms with E-state index < -0.39 is 5.41 Å². The second-order valence-electron chi connectivity index (χ2n) is 6.49. The number of carbonyl (C=O) groups is 1. The highest BCUT2D eigenvalue weighted by atomic mass is 16.2. The van der Waals surface area contributed by atoms with Gasteiger partial charge in [-0.1, -0.05) is 50.6 Å². The number of para-hydroxylation sites is 1. The highest BCUT2D eigenvalue weighted by Crippen LogP contribution is 2.41. The summed E-state index contributed by atoms with van der Waals surface area (Å²) in [4.78, 5) is 12.7. The van der Waals surface area contributed by atoms with Gasteiger partial charge < -0.3 is 5.32 Å². The van der Waals surface area contributed by atoms with E-state index in [0.29, 0.717) is 0 Å². The van der Waals surface area contributed by atoms with Gasteiger partial charge in [0.2, 0.25) is 5.91 Å². The molecule has 0 aliphatic rings. The fraction of sp³-hybridized carbons (Fsp3) is 0.471. The van der Waals surface area contributed by atoms with Crippen LogP contribution in [-0.2, 0) is 4.79 Å². The zero-order chi connectivity index (χ0) is 14.7. The van der Waals surface area contributed by atoms with E-state index in [1.165, 1.54) is 0 Å². The Hall–Kier alpha value is -1.57. The first-order valence-corrected chi connectivity index (χ1v) is 6.69. The minimum Gasteiger partial charge on any atom is -0.325 e. The van der Waals surface area contributed by atoms with E-state index in [-0.39, 0.29) is 11.3 Å². The summed E-state index contributed by atoms with van der Waals surface area (Å²) in [6.45, 7) is 12.3. The molecule has 1 atom stereocenters. The largest absolute Gasteiger partial charge is 0.325 e. The highest BCUT2D eigenvalue weighted by molar-refractivity contribution is 5.97. The molecular formula is C17H25NO. The quantitative estimate of drug-likeness (QED) is 0.787. The monoisotopic (exact) mass is 259 g/mol. The molecule has 2 heteroatoms. The van der Waals surface area contributed by atoms with Gasteiger partial charge in [0, 0.05) is 5.69 Å². The van der Waals surface area contributed by atoms with E-state index in [9.17, 15) is 4.79 Å². The average molecular weight is 259 g/mol. The van der Waals surface area contributed by atoms with Crippen LogP contribution >= 0.6 is 0 Å². The summed E-state index contributed by atoms with van der Waals surface area (Å²) in [7, 11) is 0. The van der Waals surface area contributed by atoms with Crippen molar-refractivity contribution in [1.82, 2.24) is 0 Å². The minimum absolute atomic E-state index is 0.0346. The van der Waals surface area contributed by atoms with Crippen molar-refractivity contribution in [2.45, 2.75) is 41.5 Å². The predicted octanol–water partition coefficient (Wildman–Crippen LogP) is 4.64. The molecule has 0 aliphatic heterocycles. The van der Waals surface area contributed by atoms with Crippen LogP contribution in [0.25, 0.3) is 0 Å². The van der Waals surface area contributed by atoms with Crippen molar-refractivity contribution in [1.29, 1.82) is 0 Å². The second-order valence-corrected chi connectivity index (χ2v) is 6.49. The maximum Gasteiger partial charge on any atom is 0.234 e. The van der Waals surface area contributed by atoms with Crippen LogP contribution in [0.4, 0.5) is 5.69 Å². The van der Waals surface area contributed by atoms with E-state index >= 15 is 0 Å². The van der Waals surface area contributed by atoms with Gasteiger partial charge in [-0.15, -0.1) is 0 Å². The van der Waals surface area contributed by atoms with Crippen LogP contribution < -0.4 is 5.32 Å². The maximum absolute atomic E-state index is 12.7. The fourth-order valence-electron chi connectivity index (χ4n) is 1.98. The molecule has 0 bridgehead atoms. The highest BCUT2D eigenvalue weighted by Gasteiger charge is 2.42. The number of allylic oxidation sites excluding steroid dienone is 1. The van der Waals surface area contributed by atoms with Crippen LogP contribution in [0.15, 0.2) is 42.0 Å². The zero-order valence-corrected chi connectivity index (χ0v) is 12.9. The molecule has 0 heterocycles. The Morgan fingerprint density at radius 1 is 1.05 bits per heavy atom. The molecule has 1 aromatic rings. The fourth-order valence-corrected chi connectivity index (χ4v) is 1.98. The molecule has 0 spiro atoms. The molecule has 1 amide bonds. The molecule has 0 fully saturated rings. The molecule has 1 aromatic carbocycles. The number of anilines is 1. The number of hydrogen-bond acceptors (Lipinski definition) is 1. The smallest absolute Gasteiger partial charge is 0.234 e. The van der Waals surface area contributed by atoms with Gasteiger partial charge in [0.1, 0.15) is 0 Å². The third kappa shape index (κ3) is 3.69. The first kappa shape index (κ1) is 15.5. The molecule has 0 saturated heterocycles. The van der Waals surface area contributed by atoms with Gasteiger partial charge in [0.15, 0.2) is 0 Å². The van der Waals surface area contributed by atoms with Gasteiger partial charge in [0.05, 0.1) is 5.41 Å². The Kier molecular flexibility index (Phi) is 4.56. The van der Waals surface area contributed by atoms with Crippen LogP contribution in [0.1, 0.15) is 41.5 Å². The number of nitrogens with one attached hydrogen (secondary N) is 1. The van der Waals surface area contributed by atoms with E-state index in [1.807, 2.05) is 51.1 Å². The summed E-state index contributed by atoms with van der Waals surface area (Å²) in [5.41, 5.74) is 1.30. The molecule has 1 rings (SSSR count). The van der Waals surface area contributed by atoms with Crippen molar-refractivity contribution in [2.75, 3.05) is 5.32 Å². The summed E-state index contributed by atoms with van der Waals surface area (Å²) in [6, 6.07) is 9.59. The topological polar surface area (TPSA) is 29.1 Å². The minimum atomic E-state index is -0.540. The Balaban J connectivity index is 3.07. The van der Waals surface area contributed by atoms with E-state index in [0.717, 1.165) is 11.3 Å². The molecule has 1 unspecified atom stereocenters. The van der Waals surface area contributed by atoms with Gasteiger partial charge in [0.25, 0.3) is 0 Å². The third-order valence-corrected chi connectivity index (χ3v) is 3.64. The molecule has 2 nitrogen and oxygen atoms in total. The lowest BCUT2D eigenvalue weighted by atomic mass is 9.66. The zero-order valence-electron chi connectivity index (χ0n) is 12.9. The lowest BCUT2D eigenvalue weighted by molar-refractivity contribution is -0.127. The molecular weight excluding hydrogens is 234 g/mol. The lowest BCUT2D eigenvalue weighted by Crippen LogP contribution is -2.42. The summed E-state index contributed by atoms with van der Waals surface area (Å²) in [5, 5.41) is 3.01. The van der Waals surface area contributed by atoms with Gasteiger partial charge in [-0.25, -0.2) is 0 Å². The van der Waals surface area contributed by atoms with Crippen molar-refractivity contribution < 1.29 is 4.79 Å². The molecule has 19 heavy (non-hydrogen) atoms. The standard InChI is InChI=1S/C17H25NO/c1-13(2)12-17(6,16(3,4)5)15(19)18-14-10-8-7-9-11-14/h7-12H,1-6H3,(H,18,19).